The summed E-state index contributed by atoms with van der Waals surface area (Å²) in [6.45, 7) is 2.16. The van der Waals surface area contributed by atoms with Gasteiger partial charge in [0.25, 0.3) is 0 Å². The third-order valence-electron chi connectivity index (χ3n) is 4.71. The molecule has 0 unspecified atom stereocenters. The molecular weight excluding hydrogens is 320 g/mol. The van der Waals surface area contributed by atoms with E-state index in [0.29, 0.717) is 19.3 Å². The van der Waals surface area contributed by atoms with Crippen molar-refractivity contribution in [3.05, 3.63) is 24.3 Å². The molecule has 0 bridgehead atoms. The smallest absolute Gasteiger partial charge is 0.303 e. The summed E-state index contributed by atoms with van der Waals surface area (Å²) in [4.78, 5) is 22.6. The second kappa shape index (κ2) is 12.0. The molecule has 0 aromatic rings. The van der Waals surface area contributed by atoms with Crippen molar-refractivity contribution in [3.63, 3.8) is 0 Å². The van der Waals surface area contributed by atoms with Gasteiger partial charge in [0.05, 0.1) is 12.2 Å². The van der Waals surface area contributed by atoms with Crippen LogP contribution >= 0.6 is 0 Å². The van der Waals surface area contributed by atoms with Crippen LogP contribution in [0.4, 0.5) is 0 Å². The fourth-order valence-electron chi connectivity index (χ4n) is 3.22. The number of carbonyl (C=O) groups is 2. The van der Waals surface area contributed by atoms with Gasteiger partial charge in [0, 0.05) is 24.7 Å². The van der Waals surface area contributed by atoms with Crippen LogP contribution in [0.1, 0.15) is 64.7 Å². The van der Waals surface area contributed by atoms with E-state index >= 15 is 0 Å². The third-order valence-corrected chi connectivity index (χ3v) is 4.71. The van der Waals surface area contributed by atoms with Crippen molar-refractivity contribution >= 4 is 11.8 Å². The molecular formula is C20H32O5. The first-order chi connectivity index (χ1) is 12.0. The molecule has 5 heteroatoms. The molecule has 1 rings (SSSR count). The number of aliphatic carboxylic acids is 1. The predicted octanol–water partition coefficient (Wildman–Crippen LogP) is 3.25. The van der Waals surface area contributed by atoms with Crippen molar-refractivity contribution in [3.8, 4) is 0 Å². The predicted molar refractivity (Wildman–Crippen MR) is 97.1 cm³/mol. The van der Waals surface area contributed by atoms with Gasteiger partial charge in [-0.3, -0.25) is 9.59 Å². The van der Waals surface area contributed by atoms with Crippen molar-refractivity contribution in [2.75, 3.05) is 0 Å². The second-order valence-corrected chi connectivity index (χ2v) is 6.86. The molecule has 5 nitrogen and oxygen atoms in total. The zero-order valence-electron chi connectivity index (χ0n) is 15.1. The van der Waals surface area contributed by atoms with Crippen LogP contribution in [0.25, 0.3) is 0 Å². The standard InChI is InChI=1S/C20H32O5/c1-2-3-4-5-6-7-10-16-17(19(23)14-18(16)22)13-12-15(21)9-8-11-20(24)25/h6-7,12-13,15-17,19,21,23H,2-5,8-11,14H2,1H3,(H,24,25)/b7-6-,13-12+/t15-,16+,17-,19+/m1/s1. The quantitative estimate of drug-likeness (QED) is 0.370. The highest BCUT2D eigenvalue weighted by molar-refractivity contribution is 5.84. The normalized spacial score (nSPS) is 25.2. The zero-order chi connectivity index (χ0) is 18.7. The molecule has 0 amide bonds. The van der Waals surface area contributed by atoms with Crippen LogP contribution < -0.4 is 0 Å². The fraction of sp³-hybridized carbons (Fsp3) is 0.700. The van der Waals surface area contributed by atoms with Crippen molar-refractivity contribution in [2.24, 2.45) is 11.8 Å². The number of aliphatic hydroxyl groups excluding tert-OH is 2. The molecule has 25 heavy (non-hydrogen) atoms. The van der Waals surface area contributed by atoms with E-state index in [9.17, 15) is 19.8 Å². The van der Waals surface area contributed by atoms with Crippen molar-refractivity contribution in [1.82, 2.24) is 0 Å². The van der Waals surface area contributed by atoms with Crippen LogP contribution in [0.5, 0.6) is 0 Å². The van der Waals surface area contributed by atoms with Gasteiger partial charge in [-0.2, -0.15) is 0 Å². The molecule has 0 spiro atoms. The first-order valence-electron chi connectivity index (χ1n) is 9.39. The molecule has 0 saturated heterocycles. The Hall–Kier alpha value is -1.46. The van der Waals surface area contributed by atoms with Gasteiger partial charge in [-0.1, -0.05) is 44.1 Å². The Morgan fingerprint density at radius 1 is 1.28 bits per heavy atom. The van der Waals surface area contributed by atoms with Crippen molar-refractivity contribution in [2.45, 2.75) is 76.9 Å². The maximum Gasteiger partial charge on any atom is 0.303 e. The molecule has 1 fully saturated rings. The number of unbranched alkanes of at least 4 members (excludes halogenated alkanes) is 3. The topological polar surface area (TPSA) is 94.8 Å². The number of allylic oxidation sites excluding steroid dienone is 2. The number of ketones is 1. The molecule has 0 radical (unpaired) electrons. The minimum absolute atomic E-state index is 0.0287. The number of hydrogen-bond acceptors (Lipinski definition) is 4. The van der Waals surface area contributed by atoms with E-state index < -0.39 is 18.2 Å². The maximum absolute atomic E-state index is 12.1. The number of carboxylic acid groups (broad SMARTS) is 1. The van der Waals surface area contributed by atoms with Crippen LogP contribution in [0.2, 0.25) is 0 Å². The van der Waals surface area contributed by atoms with Crippen LogP contribution in [0.15, 0.2) is 24.3 Å². The summed E-state index contributed by atoms with van der Waals surface area (Å²) in [6, 6.07) is 0. The number of hydrogen-bond donors (Lipinski definition) is 3. The van der Waals surface area contributed by atoms with Gasteiger partial charge in [0.15, 0.2) is 0 Å². The SMILES string of the molecule is CCCCC/C=C\C[C@@H]1C(=O)C[C@H](O)[C@@H]1/C=C/[C@H](O)CCCC(=O)O. The van der Waals surface area contributed by atoms with Gasteiger partial charge in [0.2, 0.25) is 0 Å². The highest BCUT2D eigenvalue weighted by atomic mass is 16.4. The highest BCUT2D eigenvalue weighted by Crippen LogP contribution is 2.33. The van der Waals surface area contributed by atoms with Crippen molar-refractivity contribution in [1.29, 1.82) is 0 Å². The van der Waals surface area contributed by atoms with Crippen LogP contribution in [0.3, 0.4) is 0 Å². The monoisotopic (exact) mass is 352 g/mol. The Labute approximate surface area is 150 Å². The first-order valence-corrected chi connectivity index (χ1v) is 9.39. The van der Waals surface area contributed by atoms with Crippen LogP contribution in [0, 0.1) is 11.8 Å². The lowest BCUT2D eigenvalue weighted by atomic mass is 9.90. The molecule has 0 aromatic heterocycles. The number of aliphatic hydroxyl groups is 2. The van der Waals surface area contributed by atoms with Gasteiger partial charge >= 0.3 is 5.97 Å². The third kappa shape index (κ3) is 8.45. The summed E-state index contributed by atoms with van der Waals surface area (Å²) in [5.74, 6) is -1.32. The summed E-state index contributed by atoms with van der Waals surface area (Å²) < 4.78 is 0. The molecule has 3 N–H and O–H groups in total. The summed E-state index contributed by atoms with van der Waals surface area (Å²) in [7, 11) is 0. The fourth-order valence-corrected chi connectivity index (χ4v) is 3.22. The Kier molecular flexibility index (Phi) is 10.3. The minimum atomic E-state index is -0.876. The molecule has 1 aliphatic carbocycles. The average Bonchev–Trinajstić information content (AvgIpc) is 2.81. The van der Waals surface area contributed by atoms with Gasteiger partial charge < -0.3 is 15.3 Å². The zero-order valence-corrected chi connectivity index (χ0v) is 15.1. The summed E-state index contributed by atoms with van der Waals surface area (Å²) >= 11 is 0. The average molecular weight is 352 g/mol. The molecule has 4 atom stereocenters. The van der Waals surface area contributed by atoms with Gasteiger partial charge in [-0.25, -0.2) is 0 Å². The molecule has 0 aliphatic heterocycles. The van der Waals surface area contributed by atoms with Gasteiger partial charge in [-0.15, -0.1) is 0 Å². The van der Waals surface area contributed by atoms with E-state index in [2.05, 4.69) is 13.0 Å². The van der Waals surface area contributed by atoms with E-state index in [1.54, 1.807) is 12.2 Å². The van der Waals surface area contributed by atoms with E-state index in [1.165, 1.54) is 12.8 Å². The van der Waals surface area contributed by atoms with E-state index in [1.807, 2.05) is 6.08 Å². The summed E-state index contributed by atoms with van der Waals surface area (Å²) in [5.41, 5.74) is 0. The lowest BCUT2D eigenvalue weighted by Crippen LogP contribution is -2.18. The number of carbonyl (C=O) groups excluding carboxylic acids is 1. The lowest BCUT2D eigenvalue weighted by Gasteiger charge is -2.16. The second-order valence-electron chi connectivity index (χ2n) is 6.86. The Bertz CT molecular complexity index is 469. The lowest BCUT2D eigenvalue weighted by molar-refractivity contribution is -0.137. The van der Waals surface area contributed by atoms with Crippen molar-refractivity contribution < 1.29 is 24.9 Å². The maximum atomic E-state index is 12.1. The number of rotatable bonds is 12. The first kappa shape index (κ1) is 21.6. The molecule has 1 aliphatic rings. The minimum Gasteiger partial charge on any atom is -0.481 e. The summed E-state index contributed by atoms with van der Waals surface area (Å²) in [5, 5.41) is 28.6. The Morgan fingerprint density at radius 2 is 2.04 bits per heavy atom. The van der Waals surface area contributed by atoms with E-state index in [4.69, 9.17) is 5.11 Å². The highest BCUT2D eigenvalue weighted by Gasteiger charge is 2.39. The molecule has 0 aromatic carbocycles. The molecule has 1 saturated carbocycles. The largest absolute Gasteiger partial charge is 0.481 e. The number of Topliss-reactive ketones (excluding diaryl/α,β-unsaturated/α-hetero) is 1. The van der Waals surface area contributed by atoms with Crippen LogP contribution in [-0.4, -0.2) is 39.3 Å². The molecule has 142 valence electrons. The van der Waals surface area contributed by atoms with E-state index in [0.717, 1.165) is 12.8 Å². The summed E-state index contributed by atoms with van der Waals surface area (Å²) in [6.07, 6.45) is 12.1. The van der Waals surface area contributed by atoms with Gasteiger partial charge in [0.1, 0.15) is 5.78 Å². The Morgan fingerprint density at radius 3 is 2.72 bits per heavy atom. The Balaban J connectivity index is 2.49. The van der Waals surface area contributed by atoms with E-state index in [-0.39, 0.29) is 30.5 Å². The number of carboxylic acids is 1. The van der Waals surface area contributed by atoms with Crippen LogP contribution in [-0.2, 0) is 9.59 Å². The molecule has 0 heterocycles. The van der Waals surface area contributed by atoms with Gasteiger partial charge in [-0.05, 0) is 32.1 Å².